The summed E-state index contributed by atoms with van der Waals surface area (Å²) in [7, 11) is 0. The van der Waals surface area contributed by atoms with E-state index in [0.717, 1.165) is 29.1 Å². The van der Waals surface area contributed by atoms with Gasteiger partial charge in [-0.05, 0) is 18.4 Å². The van der Waals surface area contributed by atoms with Crippen LogP contribution in [0, 0.1) is 0 Å². The van der Waals surface area contributed by atoms with E-state index < -0.39 is 11.7 Å². The topological polar surface area (TPSA) is 49.0 Å². The summed E-state index contributed by atoms with van der Waals surface area (Å²) in [5, 5.41) is 7.23. The fraction of sp³-hybridized carbons (Fsp3) is 0.412. The Morgan fingerprint density at radius 1 is 1.32 bits per heavy atom. The summed E-state index contributed by atoms with van der Waals surface area (Å²) in [4.78, 5) is 14.0. The van der Waals surface area contributed by atoms with Gasteiger partial charge in [0.15, 0.2) is 0 Å². The highest BCUT2D eigenvalue weighted by molar-refractivity contribution is 7.98. The largest absolute Gasteiger partial charge is 0.416 e. The van der Waals surface area contributed by atoms with Crippen LogP contribution in [0.3, 0.4) is 0 Å². The number of nitrogens with one attached hydrogen (secondary N) is 1. The van der Waals surface area contributed by atoms with Crippen molar-refractivity contribution in [3.8, 4) is 11.3 Å². The number of carbonyl (C=O) groups is 1. The van der Waals surface area contributed by atoms with Crippen molar-refractivity contribution < 1.29 is 18.0 Å². The number of carbonyl (C=O) groups excluding carboxylic acids is 1. The van der Waals surface area contributed by atoms with Crippen LogP contribution in [0.25, 0.3) is 11.3 Å². The van der Waals surface area contributed by atoms with Gasteiger partial charge in [0, 0.05) is 48.5 Å². The van der Waals surface area contributed by atoms with E-state index >= 15 is 0 Å². The molecular weight excluding hydrogens is 351 g/mol. The molecule has 1 aliphatic heterocycles. The van der Waals surface area contributed by atoms with Gasteiger partial charge < -0.3 is 4.90 Å². The highest BCUT2D eigenvalue weighted by atomic mass is 32.2. The first-order valence-electron chi connectivity index (χ1n) is 7.90. The molecule has 0 atom stereocenters. The van der Waals surface area contributed by atoms with Crippen LogP contribution in [-0.4, -0.2) is 39.6 Å². The molecule has 25 heavy (non-hydrogen) atoms. The number of rotatable bonds is 4. The van der Waals surface area contributed by atoms with E-state index in [0.29, 0.717) is 37.2 Å². The van der Waals surface area contributed by atoms with E-state index in [9.17, 15) is 18.0 Å². The second-order valence-electron chi connectivity index (χ2n) is 5.91. The first-order chi connectivity index (χ1) is 11.9. The van der Waals surface area contributed by atoms with E-state index in [4.69, 9.17) is 0 Å². The number of fused-ring (bicyclic) bond motifs is 1. The average Bonchev–Trinajstić information content (AvgIpc) is 3.02. The molecule has 8 heteroatoms. The predicted molar refractivity (Wildman–Crippen MR) is 91.1 cm³/mol. The number of amides is 1. The van der Waals surface area contributed by atoms with Crippen LogP contribution in [-0.2, 0) is 23.9 Å². The molecule has 0 fully saturated rings. The maximum Gasteiger partial charge on any atom is 0.416 e. The smallest absolute Gasteiger partial charge is 0.338 e. The van der Waals surface area contributed by atoms with Gasteiger partial charge in [0.05, 0.1) is 11.3 Å². The molecule has 0 aliphatic carbocycles. The van der Waals surface area contributed by atoms with Crippen LogP contribution >= 0.6 is 11.8 Å². The molecule has 0 spiro atoms. The van der Waals surface area contributed by atoms with Gasteiger partial charge in [-0.1, -0.05) is 12.1 Å². The van der Waals surface area contributed by atoms with Crippen molar-refractivity contribution in [2.75, 3.05) is 18.6 Å². The number of thioether (sulfide) groups is 1. The third kappa shape index (κ3) is 3.84. The van der Waals surface area contributed by atoms with E-state index in [1.165, 1.54) is 12.1 Å². The van der Waals surface area contributed by atoms with Gasteiger partial charge >= 0.3 is 6.18 Å². The molecule has 2 heterocycles. The molecule has 1 aromatic heterocycles. The Bertz CT molecular complexity index is 755. The van der Waals surface area contributed by atoms with Gasteiger partial charge in [-0.2, -0.15) is 30.0 Å². The second-order valence-corrected chi connectivity index (χ2v) is 6.90. The number of hydrogen-bond donors (Lipinski definition) is 1. The summed E-state index contributed by atoms with van der Waals surface area (Å²) in [6.45, 7) is 1.07. The summed E-state index contributed by atoms with van der Waals surface area (Å²) in [5.74, 6) is 0.874. The lowest BCUT2D eigenvalue weighted by Crippen LogP contribution is -2.36. The van der Waals surface area contributed by atoms with Gasteiger partial charge in [0.2, 0.25) is 5.91 Å². The number of aromatic amines is 1. The minimum atomic E-state index is -4.36. The highest BCUT2D eigenvalue weighted by Crippen LogP contribution is 2.33. The highest BCUT2D eigenvalue weighted by Gasteiger charge is 2.30. The summed E-state index contributed by atoms with van der Waals surface area (Å²) in [6.07, 6.45) is -1.23. The van der Waals surface area contributed by atoms with Crippen molar-refractivity contribution in [1.82, 2.24) is 15.1 Å². The van der Waals surface area contributed by atoms with Crippen LogP contribution in [0.2, 0.25) is 0 Å². The Balaban J connectivity index is 1.82. The molecule has 1 aromatic carbocycles. The normalized spacial score (nSPS) is 14.5. The summed E-state index contributed by atoms with van der Waals surface area (Å²) >= 11 is 1.63. The zero-order valence-electron chi connectivity index (χ0n) is 13.7. The van der Waals surface area contributed by atoms with Gasteiger partial charge in [0.25, 0.3) is 0 Å². The van der Waals surface area contributed by atoms with Crippen molar-refractivity contribution in [2.45, 2.75) is 25.6 Å². The molecule has 4 nitrogen and oxygen atoms in total. The Morgan fingerprint density at radius 3 is 2.68 bits per heavy atom. The molecule has 0 bridgehead atoms. The molecule has 134 valence electrons. The number of hydrogen-bond acceptors (Lipinski definition) is 3. The summed E-state index contributed by atoms with van der Waals surface area (Å²) < 4.78 is 38.1. The number of alkyl halides is 3. The number of nitrogens with zero attached hydrogens (tertiary/aromatic N) is 2. The Hall–Kier alpha value is -1.96. The van der Waals surface area contributed by atoms with Crippen molar-refractivity contribution in [1.29, 1.82) is 0 Å². The van der Waals surface area contributed by atoms with E-state index in [1.807, 2.05) is 6.26 Å². The first-order valence-corrected chi connectivity index (χ1v) is 9.30. The summed E-state index contributed by atoms with van der Waals surface area (Å²) in [6, 6.07) is 4.96. The van der Waals surface area contributed by atoms with Crippen molar-refractivity contribution in [3.05, 3.63) is 41.1 Å². The maximum atomic E-state index is 12.7. The van der Waals surface area contributed by atoms with E-state index in [-0.39, 0.29) is 5.91 Å². The van der Waals surface area contributed by atoms with Gasteiger partial charge in [0.1, 0.15) is 0 Å². The van der Waals surface area contributed by atoms with Crippen molar-refractivity contribution >= 4 is 17.7 Å². The minimum Gasteiger partial charge on any atom is -0.338 e. The summed E-state index contributed by atoms with van der Waals surface area (Å²) in [5.41, 5.74) is 2.39. The van der Waals surface area contributed by atoms with Crippen LogP contribution in [0.4, 0.5) is 13.2 Å². The molecular formula is C17H18F3N3OS. The Morgan fingerprint density at radius 2 is 2.04 bits per heavy atom. The fourth-order valence-electron chi connectivity index (χ4n) is 2.91. The Labute approximate surface area is 147 Å². The van der Waals surface area contributed by atoms with Gasteiger partial charge in [-0.25, -0.2) is 0 Å². The molecule has 1 amide bonds. The molecule has 3 rings (SSSR count). The maximum absolute atomic E-state index is 12.7. The molecule has 0 saturated heterocycles. The number of benzene rings is 1. The number of H-pyrrole nitrogens is 1. The molecule has 1 N–H and O–H groups in total. The van der Waals surface area contributed by atoms with E-state index in [1.54, 1.807) is 16.7 Å². The van der Waals surface area contributed by atoms with Crippen LogP contribution in [0.15, 0.2) is 24.3 Å². The van der Waals surface area contributed by atoms with Crippen LogP contribution in [0.5, 0.6) is 0 Å². The minimum absolute atomic E-state index is 0.0968. The first kappa shape index (κ1) is 17.8. The zero-order chi connectivity index (χ0) is 18.0. The lowest BCUT2D eigenvalue weighted by Gasteiger charge is -2.27. The van der Waals surface area contributed by atoms with Gasteiger partial charge in [-0.3, -0.25) is 9.89 Å². The quantitative estimate of drug-likeness (QED) is 0.893. The fourth-order valence-corrected chi connectivity index (χ4v) is 3.29. The predicted octanol–water partition coefficient (Wildman–Crippen LogP) is 3.73. The molecule has 2 aromatic rings. The second kappa shape index (κ2) is 7.11. The lowest BCUT2D eigenvalue weighted by atomic mass is 10.00. The SMILES string of the molecule is CSCCC(=O)N1CCc2[nH]nc(-c3ccc(C(F)(F)F)cc3)c2C1. The molecule has 0 saturated carbocycles. The third-order valence-corrected chi connectivity index (χ3v) is 4.90. The average molecular weight is 369 g/mol. The van der Waals surface area contributed by atoms with Crippen molar-refractivity contribution in [2.24, 2.45) is 0 Å². The standard InChI is InChI=1S/C17H18F3N3OS/c1-25-9-7-15(24)23-8-6-14-13(10-23)16(22-21-14)11-2-4-12(5-3-11)17(18,19)20/h2-5H,6-10H2,1H3,(H,21,22). The Kier molecular flexibility index (Phi) is 5.08. The van der Waals surface area contributed by atoms with Crippen molar-refractivity contribution in [3.63, 3.8) is 0 Å². The molecule has 1 aliphatic rings. The van der Waals surface area contributed by atoms with Crippen LogP contribution < -0.4 is 0 Å². The van der Waals surface area contributed by atoms with Crippen LogP contribution in [0.1, 0.15) is 23.2 Å². The zero-order valence-corrected chi connectivity index (χ0v) is 14.5. The number of halogens is 3. The third-order valence-electron chi connectivity index (χ3n) is 4.29. The van der Waals surface area contributed by atoms with Gasteiger partial charge in [-0.15, -0.1) is 0 Å². The number of aromatic nitrogens is 2. The lowest BCUT2D eigenvalue weighted by molar-refractivity contribution is -0.137. The molecule has 0 unspecified atom stereocenters. The monoisotopic (exact) mass is 369 g/mol. The van der Waals surface area contributed by atoms with E-state index in [2.05, 4.69) is 10.2 Å². The molecule has 0 radical (unpaired) electrons.